The largest absolute Gasteiger partial charge is 0.363 e. The van der Waals surface area contributed by atoms with E-state index < -0.39 is 23.6 Å². The summed E-state index contributed by atoms with van der Waals surface area (Å²) in [5.74, 6) is -2.00. The molecule has 0 radical (unpaired) electrons. The predicted molar refractivity (Wildman–Crippen MR) is 113 cm³/mol. The Bertz CT molecular complexity index is 1240. The van der Waals surface area contributed by atoms with Gasteiger partial charge < -0.3 is 16.0 Å². The Hall–Kier alpha value is -4.27. The number of hydrogen-bond donors (Lipinski definition) is 3. The number of H-pyrrole nitrogens is 1. The van der Waals surface area contributed by atoms with Crippen molar-refractivity contribution < 1.29 is 14.4 Å². The predicted octanol–water partition coefficient (Wildman–Crippen LogP) is 1.53. The number of aromatic amines is 1. The second kappa shape index (κ2) is 8.62. The van der Waals surface area contributed by atoms with Crippen LogP contribution >= 0.6 is 0 Å². The second-order valence-electron chi connectivity index (χ2n) is 6.99. The number of nitrogens with one attached hydrogen (secondary N) is 2. The SMILES string of the molecule is NC(=O)C(=O)C(CCc1c[nH]c2ccccc12)NC(=O)c1cncn1-c1ccccn1. The number of rotatable bonds is 8. The standard InChI is InChI=1S/C22H20N6O3/c23-21(30)20(29)17(9-8-14-11-26-16-6-2-1-5-15(14)16)27-22(31)18-12-24-13-28(18)19-7-3-4-10-25-19/h1-7,10-13,17,26H,8-9H2,(H2,23,30)(H,27,31). The number of para-hydroxylation sites is 1. The number of aromatic nitrogens is 4. The summed E-state index contributed by atoms with van der Waals surface area (Å²) >= 11 is 0. The topological polar surface area (TPSA) is 136 Å². The lowest BCUT2D eigenvalue weighted by Crippen LogP contribution is -2.46. The maximum atomic E-state index is 12.9. The molecule has 9 heteroatoms. The zero-order valence-corrected chi connectivity index (χ0v) is 16.5. The molecule has 3 aromatic heterocycles. The third-order valence-electron chi connectivity index (χ3n) is 5.01. The van der Waals surface area contributed by atoms with Gasteiger partial charge in [0.25, 0.3) is 11.8 Å². The molecule has 9 nitrogen and oxygen atoms in total. The minimum Gasteiger partial charge on any atom is -0.363 e. The molecule has 1 unspecified atom stereocenters. The number of carbonyl (C=O) groups excluding carboxylic acids is 3. The lowest BCUT2D eigenvalue weighted by Gasteiger charge is -2.16. The van der Waals surface area contributed by atoms with E-state index >= 15 is 0 Å². The van der Waals surface area contributed by atoms with Crippen LogP contribution in [-0.4, -0.2) is 43.2 Å². The third kappa shape index (κ3) is 4.20. The minimum atomic E-state index is -1.09. The lowest BCUT2D eigenvalue weighted by atomic mass is 10.0. The van der Waals surface area contributed by atoms with Crippen molar-refractivity contribution in [3.63, 3.8) is 0 Å². The van der Waals surface area contributed by atoms with Crippen molar-refractivity contribution in [2.24, 2.45) is 5.73 Å². The Morgan fingerprint density at radius 3 is 2.71 bits per heavy atom. The van der Waals surface area contributed by atoms with Gasteiger partial charge in [-0.2, -0.15) is 0 Å². The molecule has 0 saturated carbocycles. The summed E-state index contributed by atoms with van der Waals surface area (Å²) in [6.07, 6.45) is 6.95. The molecule has 3 heterocycles. The van der Waals surface area contributed by atoms with Crippen molar-refractivity contribution in [2.75, 3.05) is 0 Å². The van der Waals surface area contributed by atoms with E-state index in [1.165, 1.54) is 17.1 Å². The molecule has 4 rings (SSSR count). The monoisotopic (exact) mass is 416 g/mol. The molecule has 2 amide bonds. The number of benzene rings is 1. The molecule has 4 N–H and O–H groups in total. The van der Waals surface area contributed by atoms with Gasteiger partial charge in [0.05, 0.1) is 12.2 Å². The highest BCUT2D eigenvalue weighted by molar-refractivity contribution is 6.38. The van der Waals surface area contributed by atoms with E-state index in [9.17, 15) is 14.4 Å². The van der Waals surface area contributed by atoms with Gasteiger partial charge in [-0.3, -0.25) is 19.0 Å². The molecular formula is C22H20N6O3. The number of ketones is 1. The molecule has 156 valence electrons. The van der Waals surface area contributed by atoms with Gasteiger partial charge in [0.1, 0.15) is 17.8 Å². The fraction of sp³-hybridized carbons (Fsp3) is 0.136. The molecule has 31 heavy (non-hydrogen) atoms. The number of nitrogens with zero attached hydrogens (tertiary/aromatic N) is 3. The van der Waals surface area contributed by atoms with Crippen LogP contribution in [0, 0.1) is 0 Å². The van der Waals surface area contributed by atoms with Crippen LogP contribution in [-0.2, 0) is 16.0 Å². The van der Waals surface area contributed by atoms with Crippen molar-refractivity contribution in [3.05, 3.63) is 78.6 Å². The maximum absolute atomic E-state index is 12.9. The Balaban J connectivity index is 1.54. The zero-order chi connectivity index (χ0) is 21.8. The number of fused-ring (bicyclic) bond motifs is 1. The van der Waals surface area contributed by atoms with Gasteiger partial charge >= 0.3 is 0 Å². The molecular weight excluding hydrogens is 396 g/mol. The summed E-state index contributed by atoms with van der Waals surface area (Å²) in [5.41, 5.74) is 7.35. The van der Waals surface area contributed by atoms with Crippen LogP contribution in [0.4, 0.5) is 0 Å². The van der Waals surface area contributed by atoms with Gasteiger partial charge in [-0.1, -0.05) is 24.3 Å². The van der Waals surface area contributed by atoms with Gasteiger partial charge in [0, 0.05) is 23.3 Å². The smallest absolute Gasteiger partial charge is 0.287 e. The normalized spacial score (nSPS) is 11.9. The van der Waals surface area contributed by atoms with Crippen LogP contribution in [0.3, 0.4) is 0 Å². The van der Waals surface area contributed by atoms with E-state index in [2.05, 4.69) is 20.3 Å². The molecule has 0 spiro atoms. The average molecular weight is 416 g/mol. The third-order valence-corrected chi connectivity index (χ3v) is 5.01. The van der Waals surface area contributed by atoms with Crippen LogP contribution in [0.25, 0.3) is 16.7 Å². The van der Waals surface area contributed by atoms with E-state index in [-0.39, 0.29) is 12.1 Å². The Morgan fingerprint density at radius 2 is 1.94 bits per heavy atom. The lowest BCUT2D eigenvalue weighted by molar-refractivity contribution is -0.137. The fourth-order valence-electron chi connectivity index (χ4n) is 3.45. The van der Waals surface area contributed by atoms with Gasteiger partial charge in [-0.15, -0.1) is 0 Å². The van der Waals surface area contributed by atoms with Crippen molar-refractivity contribution in [3.8, 4) is 5.82 Å². The summed E-state index contributed by atoms with van der Waals surface area (Å²) in [6.45, 7) is 0. The van der Waals surface area contributed by atoms with Gasteiger partial charge in [-0.25, -0.2) is 9.97 Å². The first-order valence-electron chi connectivity index (χ1n) is 9.68. The number of Topliss-reactive ketones (excluding diaryl/α,β-unsaturated/α-hetero) is 1. The van der Waals surface area contributed by atoms with Crippen molar-refractivity contribution in [1.82, 2.24) is 24.8 Å². The first-order chi connectivity index (χ1) is 15.0. The number of nitrogens with two attached hydrogens (primary N) is 1. The Kier molecular flexibility index (Phi) is 5.57. The van der Waals surface area contributed by atoms with Crippen LogP contribution in [0.15, 0.2) is 67.4 Å². The minimum absolute atomic E-state index is 0.188. The number of aryl methyl sites for hydroxylation is 1. The van der Waals surface area contributed by atoms with Crippen LogP contribution in [0.2, 0.25) is 0 Å². The van der Waals surface area contributed by atoms with Crippen molar-refractivity contribution in [1.29, 1.82) is 0 Å². The summed E-state index contributed by atoms with van der Waals surface area (Å²) in [6, 6.07) is 12.0. The quantitative estimate of drug-likeness (QED) is 0.374. The van der Waals surface area contributed by atoms with Crippen LogP contribution in [0.1, 0.15) is 22.5 Å². The molecule has 0 aliphatic heterocycles. The van der Waals surface area contributed by atoms with Crippen molar-refractivity contribution >= 4 is 28.5 Å². The van der Waals surface area contributed by atoms with Crippen LogP contribution < -0.4 is 11.1 Å². The highest BCUT2D eigenvalue weighted by Crippen LogP contribution is 2.20. The van der Waals surface area contributed by atoms with Gasteiger partial charge in [-0.05, 0) is 36.6 Å². The number of hydrogen-bond acceptors (Lipinski definition) is 5. The van der Waals surface area contributed by atoms with Gasteiger partial charge in [0.15, 0.2) is 0 Å². The average Bonchev–Trinajstić information content (AvgIpc) is 3.44. The second-order valence-corrected chi connectivity index (χ2v) is 6.99. The van der Waals surface area contributed by atoms with E-state index in [4.69, 9.17) is 5.73 Å². The Labute approximate surface area is 177 Å². The molecule has 1 aromatic carbocycles. The van der Waals surface area contributed by atoms with Crippen LogP contribution in [0.5, 0.6) is 0 Å². The number of amides is 2. The first kappa shape index (κ1) is 20.0. The number of pyridine rings is 1. The maximum Gasteiger partial charge on any atom is 0.287 e. The fourth-order valence-corrected chi connectivity index (χ4v) is 3.45. The summed E-state index contributed by atoms with van der Waals surface area (Å²) in [7, 11) is 0. The number of carbonyl (C=O) groups is 3. The highest BCUT2D eigenvalue weighted by Gasteiger charge is 2.27. The summed E-state index contributed by atoms with van der Waals surface area (Å²) in [4.78, 5) is 48.2. The summed E-state index contributed by atoms with van der Waals surface area (Å²) in [5, 5.41) is 3.65. The van der Waals surface area contributed by atoms with E-state index in [0.717, 1.165) is 16.5 Å². The van der Waals surface area contributed by atoms with E-state index in [1.54, 1.807) is 24.4 Å². The van der Waals surface area contributed by atoms with E-state index in [1.807, 2.05) is 30.5 Å². The number of imidazole rings is 1. The summed E-state index contributed by atoms with van der Waals surface area (Å²) < 4.78 is 1.50. The molecule has 0 bridgehead atoms. The molecule has 0 saturated heterocycles. The molecule has 0 fully saturated rings. The molecule has 4 aromatic rings. The van der Waals surface area contributed by atoms with Crippen molar-refractivity contribution in [2.45, 2.75) is 18.9 Å². The Morgan fingerprint density at radius 1 is 1.13 bits per heavy atom. The molecule has 1 atom stereocenters. The van der Waals surface area contributed by atoms with E-state index in [0.29, 0.717) is 12.2 Å². The molecule has 0 aliphatic carbocycles. The molecule has 0 aliphatic rings. The number of primary amides is 1. The first-order valence-corrected chi connectivity index (χ1v) is 9.68. The van der Waals surface area contributed by atoms with Gasteiger partial charge in [0.2, 0.25) is 5.78 Å². The zero-order valence-electron chi connectivity index (χ0n) is 16.5. The highest BCUT2D eigenvalue weighted by atomic mass is 16.2.